The van der Waals surface area contributed by atoms with Gasteiger partial charge in [0.2, 0.25) is 0 Å². The summed E-state index contributed by atoms with van der Waals surface area (Å²) in [5.41, 5.74) is 1.82. The van der Waals surface area contributed by atoms with E-state index in [-0.39, 0.29) is 26.1 Å². The van der Waals surface area contributed by atoms with Gasteiger partial charge in [-0.1, -0.05) is 62.4 Å². The summed E-state index contributed by atoms with van der Waals surface area (Å²) < 4.78 is 15.6. The number of hydrogen-bond donors (Lipinski definition) is 1. The van der Waals surface area contributed by atoms with Crippen molar-refractivity contribution in [2.75, 3.05) is 13.2 Å². The molecule has 0 fully saturated rings. The van der Waals surface area contributed by atoms with Crippen LogP contribution in [0.15, 0.2) is 54.1 Å². The molecule has 0 saturated heterocycles. The molecule has 1 aliphatic rings. The van der Waals surface area contributed by atoms with Crippen molar-refractivity contribution < 1.29 is 28.6 Å². The highest BCUT2D eigenvalue weighted by molar-refractivity contribution is 5.82. The quantitative estimate of drug-likeness (QED) is 0.421. The van der Waals surface area contributed by atoms with Gasteiger partial charge in [0.15, 0.2) is 0 Å². The molecule has 1 N–H and O–H groups in total. The Morgan fingerprint density at radius 2 is 1.87 bits per heavy atom. The van der Waals surface area contributed by atoms with Gasteiger partial charge >= 0.3 is 18.0 Å². The third-order valence-corrected chi connectivity index (χ3v) is 4.65. The topological polar surface area (TPSA) is 90.9 Å². The van der Waals surface area contributed by atoms with E-state index in [1.165, 1.54) is 0 Å². The second-order valence-electron chi connectivity index (χ2n) is 7.52. The van der Waals surface area contributed by atoms with Crippen LogP contribution >= 0.6 is 0 Å². The predicted molar refractivity (Wildman–Crippen MR) is 116 cm³/mol. The van der Waals surface area contributed by atoms with Crippen LogP contribution in [0.4, 0.5) is 4.79 Å². The highest BCUT2D eigenvalue weighted by Crippen LogP contribution is 2.18. The first-order valence-corrected chi connectivity index (χ1v) is 10.6. The van der Waals surface area contributed by atoms with Crippen LogP contribution in [0.25, 0.3) is 0 Å². The molecule has 0 spiro atoms. The standard InChI is InChI=1S/C24H31NO6/c1-3-14-29-22(26)13-12-21(23(27)30-17-20-11-7-8-18(2)15-20)25-24(28)31-16-19-9-5-4-6-10-19/h4-11,18,21H,3,12-17H2,1-2H3,(H,25,28). The average Bonchev–Trinajstić information content (AvgIpc) is 2.78. The Morgan fingerprint density at radius 3 is 2.58 bits per heavy atom. The number of esters is 2. The van der Waals surface area contributed by atoms with Gasteiger partial charge in [-0.15, -0.1) is 0 Å². The first-order valence-electron chi connectivity index (χ1n) is 10.6. The lowest BCUT2D eigenvalue weighted by molar-refractivity contribution is -0.146. The lowest BCUT2D eigenvalue weighted by Crippen LogP contribution is -2.42. The van der Waals surface area contributed by atoms with Gasteiger partial charge in [-0.25, -0.2) is 9.59 Å². The smallest absolute Gasteiger partial charge is 0.408 e. The summed E-state index contributed by atoms with van der Waals surface area (Å²) in [5, 5.41) is 2.52. The Hall–Kier alpha value is -3.09. The molecule has 1 amide bonds. The van der Waals surface area contributed by atoms with Crippen LogP contribution in [0.5, 0.6) is 0 Å². The fourth-order valence-corrected chi connectivity index (χ4v) is 3.01. The van der Waals surface area contributed by atoms with Crippen LogP contribution in [0, 0.1) is 5.92 Å². The molecule has 31 heavy (non-hydrogen) atoms. The van der Waals surface area contributed by atoms with E-state index in [0.29, 0.717) is 18.9 Å². The number of hydrogen-bond acceptors (Lipinski definition) is 6. The molecule has 1 aromatic carbocycles. The average molecular weight is 430 g/mol. The van der Waals surface area contributed by atoms with Gasteiger partial charge < -0.3 is 19.5 Å². The summed E-state index contributed by atoms with van der Waals surface area (Å²) in [6.45, 7) is 4.52. The van der Waals surface area contributed by atoms with E-state index in [2.05, 4.69) is 18.3 Å². The number of ether oxygens (including phenoxy) is 3. The lowest BCUT2D eigenvalue weighted by atomic mass is 9.96. The number of nitrogens with one attached hydrogen (secondary N) is 1. The molecule has 0 aromatic heterocycles. The zero-order valence-corrected chi connectivity index (χ0v) is 18.2. The van der Waals surface area contributed by atoms with Gasteiger partial charge in [0, 0.05) is 6.42 Å². The molecule has 7 nitrogen and oxygen atoms in total. The van der Waals surface area contributed by atoms with Crippen molar-refractivity contribution in [3.05, 3.63) is 59.7 Å². The van der Waals surface area contributed by atoms with Crippen molar-refractivity contribution in [1.82, 2.24) is 5.32 Å². The fourth-order valence-electron chi connectivity index (χ4n) is 3.01. The maximum Gasteiger partial charge on any atom is 0.408 e. The van der Waals surface area contributed by atoms with Crippen molar-refractivity contribution in [1.29, 1.82) is 0 Å². The minimum Gasteiger partial charge on any atom is -0.466 e. The van der Waals surface area contributed by atoms with Crippen molar-refractivity contribution in [2.45, 2.75) is 52.2 Å². The number of carbonyl (C=O) groups excluding carboxylic acids is 3. The van der Waals surface area contributed by atoms with Gasteiger partial charge in [0.05, 0.1) is 6.61 Å². The Bertz CT molecular complexity index is 787. The molecule has 0 heterocycles. The van der Waals surface area contributed by atoms with E-state index in [1.807, 2.05) is 49.4 Å². The number of alkyl carbamates (subject to hydrolysis) is 1. The van der Waals surface area contributed by atoms with Crippen molar-refractivity contribution in [3.63, 3.8) is 0 Å². The van der Waals surface area contributed by atoms with Gasteiger partial charge in [-0.2, -0.15) is 0 Å². The number of amides is 1. The van der Waals surface area contributed by atoms with Crippen LogP contribution < -0.4 is 5.32 Å². The normalized spacial score (nSPS) is 16.1. The minimum absolute atomic E-state index is 0.0127. The molecule has 168 valence electrons. The molecule has 0 aliphatic heterocycles. The molecular weight excluding hydrogens is 398 g/mol. The fraction of sp³-hybridized carbons (Fsp3) is 0.458. The van der Waals surface area contributed by atoms with Gasteiger partial charge in [0.1, 0.15) is 19.3 Å². The first kappa shape index (κ1) is 24.2. The molecular formula is C24H31NO6. The number of carbonyl (C=O) groups is 3. The molecule has 2 unspecified atom stereocenters. The Labute approximate surface area is 183 Å². The molecule has 7 heteroatoms. The number of rotatable bonds is 11. The highest BCUT2D eigenvalue weighted by atomic mass is 16.6. The molecule has 0 saturated carbocycles. The summed E-state index contributed by atoms with van der Waals surface area (Å²) in [5.74, 6) is -0.648. The van der Waals surface area contributed by atoms with Gasteiger partial charge in [0.25, 0.3) is 0 Å². The highest BCUT2D eigenvalue weighted by Gasteiger charge is 2.25. The maximum atomic E-state index is 12.6. The van der Waals surface area contributed by atoms with E-state index >= 15 is 0 Å². The predicted octanol–water partition coefficient (Wildman–Crippen LogP) is 4.08. The van der Waals surface area contributed by atoms with E-state index in [4.69, 9.17) is 14.2 Å². The van der Waals surface area contributed by atoms with Crippen LogP contribution in [0.2, 0.25) is 0 Å². The van der Waals surface area contributed by atoms with E-state index < -0.39 is 24.1 Å². The van der Waals surface area contributed by atoms with E-state index in [9.17, 15) is 14.4 Å². The third-order valence-electron chi connectivity index (χ3n) is 4.65. The third kappa shape index (κ3) is 9.51. The zero-order chi connectivity index (χ0) is 22.5. The second kappa shape index (κ2) is 13.3. The summed E-state index contributed by atoms with van der Waals surface area (Å²) in [7, 11) is 0. The number of allylic oxidation sites excluding steroid dienone is 3. The molecule has 2 rings (SSSR count). The monoisotopic (exact) mass is 429 g/mol. The van der Waals surface area contributed by atoms with Crippen molar-refractivity contribution >= 4 is 18.0 Å². The van der Waals surface area contributed by atoms with E-state index in [1.54, 1.807) is 0 Å². The molecule has 0 radical (unpaired) electrons. The zero-order valence-electron chi connectivity index (χ0n) is 18.2. The Balaban J connectivity index is 1.89. The summed E-state index contributed by atoms with van der Waals surface area (Å²) in [6, 6.07) is 8.20. The summed E-state index contributed by atoms with van der Waals surface area (Å²) in [6.07, 6.45) is 6.77. The second-order valence-corrected chi connectivity index (χ2v) is 7.52. The van der Waals surface area contributed by atoms with Crippen LogP contribution in [-0.2, 0) is 30.4 Å². The Morgan fingerprint density at radius 1 is 1.10 bits per heavy atom. The maximum absolute atomic E-state index is 12.6. The van der Waals surface area contributed by atoms with Crippen LogP contribution in [0.3, 0.4) is 0 Å². The molecule has 1 aromatic rings. The summed E-state index contributed by atoms with van der Waals surface area (Å²) in [4.78, 5) is 36.7. The molecule has 2 atom stereocenters. The van der Waals surface area contributed by atoms with Crippen LogP contribution in [-0.4, -0.2) is 37.3 Å². The van der Waals surface area contributed by atoms with Gasteiger partial charge in [-0.3, -0.25) is 4.79 Å². The Kier molecular flexibility index (Phi) is 10.3. The van der Waals surface area contributed by atoms with Crippen molar-refractivity contribution in [2.24, 2.45) is 5.92 Å². The molecule has 0 bridgehead atoms. The van der Waals surface area contributed by atoms with E-state index in [0.717, 1.165) is 17.6 Å². The van der Waals surface area contributed by atoms with Crippen LogP contribution in [0.1, 0.15) is 45.1 Å². The molecule has 1 aliphatic carbocycles. The SMILES string of the molecule is CCCOC(=O)CCC(NC(=O)OCc1ccccc1)C(=O)OCC1=CC=CC(C)C1. The largest absolute Gasteiger partial charge is 0.466 e. The minimum atomic E-state index is -1.00. The number of benzene rings is 1. The van der Waals surface area contributed by atoms with Crippen molar-refractivity contribution in [3.8, 4) is 0 Å². The first-order chi connectivity index (χ1) is 15.0. The van der Waals surface area contributed by atoms with Gasteiger partial charge in [-0.05, 0) is 36.3 Å². The lowest BCUT2D eigenvalue weighted by Gasteiger charge is -2.19. The summed E-state index contributed by atoms with van der Waals surface area (Å²) >= 11 is 0.